The van der Waals surface area contributed by atoms with Crippen molar-refractivity contribution in [3.63, 3.8) is 0 Å². The van der Waals surface area contributed by atoms with Crippen molar-refractivity contribution in [2.45, 2.75) is 6.18 Å². The van der Waals surface area contributed by atoms with Crippen molar-refractivity contribution < 1.29 is 13.2 Å². The zero-order chi connectivity index (χ0) is 10.1. The highest BCUT2D eigenvalue weighted by atomic mass is 35.5. The number of nitrogens with two attached hydrogens (primary N) is 1. The summed E-state index contributed by atoms with van der Waals surface area (Å²) in [4.78, 5) is 0. The molecule has 0 spiro atoms. The number of anilines is 1. The van der Waals surface area contributed by atoms with Gasteiger partial charge in [-0.2, -0.15) is 13.2 Å². The van der Waals surface area contributed by atoms with E-state index in [2.05, 4.69) is 5.43 Å². The van der Waals surface area contributed by atoms with Gasteiger partial charge in [0, 0.05) is 5.69 Å². The van der Waals surface area contributed by atoms with Crippen LogP contribution in [0.1, 0.15) is 5.56 Å². The molecule has 0 aliphatic carbocycles. The molecule has 0 heterocycles. The van der Waals surface area contributed by atoms with Crippen molar-refractivity contribution in [2.75, 3.05) is 5.43 Å². The van der Waals surface area contributed by atoms with Crippen LogP contribution in [-0.4, -0.2) is 0 Å². The van der Waals surface area contributed by atoms with Gasteiger partial charge in [-0.1, -0.05) is 11.6 Å². The van der Waals surface area contributed by atoms with Gasteiger partial charge in [-0.15, -0.1) is 12.4 Å². The molecule has 1 rings (SSSR count). The summed E-state index contributed by atoms with van der Waals surface area (Å²) >= 11 is 5.35. The fourth-order valence-corrected chi connectivity index (χ4v) is 1.06. The van der Waals surface area contributed by atoms with Crippen molar-refractivity contribution in [3.05, 3.63) is 28.8 Å². The molecule has 1 aromatic carbocycles. The molecule has 14 heavy (non-hydrogen) atoms. The van der Waals surface area contributed by atoms with Crippen LogP contribution in [0.4, 0.5) is 18.9 Å². The summed E-state index contributed by atoms with van der Waals surface area (Å²) in [6.07, 6.45) is -4.45. The first-order valence-corrected chi connectivity index (χ1v) is 3.66. The summed E-state index contributed by atoms with van der Waals surface area (Å²) < 4.78 is 36.6. The number of halogens is 5. The third-order valence-electron chi connectivity index (χ3n) is 1.44. The van der Waals surface area contributed by atoms with E-state index in [1.807, 2.05) is 0 Å². The van der Waals surface area contributed by atoms with E-state index in [4.69, 9.17) is 17.4 Å². The van der Waals surface area contributed by atoms with E-state index in [1.54, 1.807) is 0 Å². The Kier molecular flexibility index (Phi) is 4.51. The summed E-state index contributed by atoms with van der Waals surface area (Å²) in [5, 5.41) is -0.341. The van der Waals surface area contributed by atoms with Gasteiger partial charge in [-0.25, -0.2) is 0 Å². The van der Waals surface area contributed by atoms with Gasteiger partial charge >= 0.3 is 6.18 Å². The minimum absolute atomic E-state index is 0. The van der Waals surface area contributed by atoms with Crippen LogP contribution in [0, 0.1) is 0 Å². The van der Waals surface area contributed by atoms with E-state index < -0.39 is 11.7 Å². The maximum Gasteiger partial charge on any atom is 0.417 e. The molecule has 0 atom stereocenters. The Bertz CT molecular complexity index is 314. The van der Waals surface area contributed by atoms with Crippen molar-refractivity contribution in [2.24, 2.45) is 5.84 Å². The average Bonchev–Trinajstić information content (AvgIpc) is 2.03. The highest BCUT2D eigenvalue weighted by Crippen LogP contribution is 2.35. The van der Waals surface area contributed by atoms with Crippen LogP contribution < -0.4 is 11.3 Å². The van der Waals surface area contributed by atoms with Gasteiger partial charge in [0.15, 0.2) is 0 Å². The molecule has 0 saturated heterocycles. The summed E-state index contributed by atoms with van der Waals surface area (Å²) in [5.41, 5.74) is 1.37. The van der Waals surface area contributed by atoms with Crippen molar-refractivity contribution >= 4 is 29.7 Å². The summed E-state index contributed by atoms with van der Waals surface area (Å²) in [5.74, 6) is 4.95. The Morgan fingerprint density at radius 2 is 1.86 bits per heavy atom. The number of rotatable bonds is 1. The molecule has 3 N–H and O–H groups in total. The van der Waals surface area contributed by atoms with E-state index in [0.717, 1.165) is 12.1 Å². The Morgan fingerprint density at radius 3 is 2.29 bits per heavy atom. The minimum Gasteiger partial charge on any atom is -0.324 e. The molecule has 0 aliphatic heterocycles. The predicted octanol–water partition coefficient (Wildman–Crippen LogP) is 3.07. The lowest BCUT2D eigenvalue weighted by molar-refractivity contribution is -0.137. The van der Waals surface area contributed by atoms with Crippen LogP contribution in [-0.2, 0) is 6.18 Å². The monoisotopic (exact) mass is 246 g/mol. The number of hydrogen-bond acceptors (Lipinski definition) is 2. The second kappa shape index (κ2) is 4.72. The minimum atomic E-state index is -4.45. The highest BCUT2D eigenvalue weighted by Gasteiger charge is 2.33. The quantitative estimate of drug-likeness (QED) is 0.591. The molecule has 1 aromatic rings. The van der Waals surface area contributed by atoms with Crippen molar-refractivity contribution in [1.29, 1.82) is 0 Å². The average molecular weight is 247 g/mol. The van der Waals surface area contributed by atoms with E-state index >= 15 is 0 Å². The normalized spacial score (nSPS) is 10.6. The van der Waals surface area contributed by atoms with Crippen molar-refractivity contribution in [3.8, 4) is 0 Å². The molecule has 2 nitrogen and oxygen atoms in total. The van der Waals surface area contributed by atoms with Gasteiger partial charge in [0.2, 0.25) is 0 Å². The highest BCUT2D eigenvalue weighted by molar-refractivity contribution is 6.31. The summed E-state index contributed by atoms with van der Waals surface area (Å²) in [6.45, 7) is 0. The van der Waals surface area contributed by atoms with Crippen LogP contribution in [0.25, 0.3) is 0 Å². The van der Waals surface area contributed by atoms with Gasteiger partial charge in [0.05, 0.1) is 10.6 Å². The molecule has 0 saturated carbocycles. The Morgan fingerprint density at radius 1 is 1.29 bits per heavy atom. The number of nitrogens with one attached hydrogen (secondary N) is 1. The molecule has 0 aromatic heterocycles. The predicted molar refractivity (Wildman–Crippen MR) is 51.5 cm³/mol. The molecule has 80 valence electrons. The van der Waals surface area contributed by atoms with Crippen LogP contribution >= 0.6 is 24.0 Å². The lowest BCUT2D eigenvalue weighted by Crippen LogP contribution is -2.10. The second-order valence-electron chi connectivity index (χ2n) is 2.34. The van der Waals surface area contributed by atoms with Gasteiger partial charge < -0.3 is 5.43 Å². The zero-order valence-electron chi connectivity index (χ0n) is 6.73. The molecule has 0 aliphatic rings. The fraction of sp³-hybridized carbons (Fsp3) is 0.143. The first-order valence-electron chi connectivity index (χ1n) is 3.28. The number of nitrogen functional groups attached to an aromatic ring is 1. The number of alkyl halides is 3. The molecular weight excluding hydrogens is 240 g/mol. The van der Waals surface area contributed by atoms with Crippen LogP contribution in [0.5, 0.6) is 0 Å². The first kappa shape index (κ1) is 13.4. The van der Waals surface area contributed by atoms with Crippen LogP contribution in [0.2, 0.25) is 5.02 Å². The Labute approximate surface area is 89.6 Å². The van der Waals surface area contributed by atoms with Gasteiger partial charge in [0.25, 0.3) is 0 Å². The molecule has 0 fully saturated rings. The topological polar surface area (TPSA) is 38.0 Å². The molecule has 0 bridgehead atoms. The largest absolute Gasteiger partial charge is 0.417 e. The van der Waals surface area contributed by atoms with E-state index in [9.17, 15) is 13.2 Å². The first-order chi connectivity index (χ1) is 5.95. The molecule has 0 unspecified atom stereocenters. The lowest BCUT2D eigenvalue weighted by Gasteiger charge is -2.10. The van der Waals surface area contributed by atoms with Crippen LogP contribution in [0.3, 0.4) is 0 Å². The second-order valence-corrected chi connectivity index (χ2v) is 2.74. The smallest absolute Gasteiger partial charge is 0.324 e. The molecule has 0 radical (unpaired) electrons. The maximum atomic E-state index is 12.2. The third-order valence-corrected chi connectivity index (χ3v) is 1.77. The zero-order valence-corrected chi connectivity index (χ0v) is 8.30. The van der Waals surface area contributed by atoms with E-state index in [1.165, 1.54) is 6.07 Å². The van der Waals surface area contributed by atoms with E-state index in [0.29, 0.717) is 0 Å². The maximum absolute atomic E-state index is 12.2. The number of benzene rings is 1. The molecule has 7 heteroatoms. The fourth-order valence-electron chi connectivity index (χ4n) is 0.832. The molecule has 0 amide bonds. The van der Waals surface area contributed by atoms with Crippen molar-refractivity contribution in [1.82, 2.24) is 0 Å². The standard InChI is InChI=1S/C7H6ClF3N2.ClH/c8-6-2-1-4(13-12)3-5(6)7(9,10)11;/h1-3,13H,12H2;1H. The summed E-state index contributed by atoms with van der Waals surface area (Å²) in [7, 11) is 0. The van der Waals surface area contributed by atoms with E-state index in [-0.39, 0.29) is 23.1 Å². The Hall–Kier alpha value is -0.650. The molecular formula is C7H7Cl2F3N2. The lowest BCUT2D eigenvalue weighted by atomic mass is 10.2. The van der Waals surface area contributed by atoms with Gasteiger partial charge in [-0.3, -0.25) is 5.84 Å². The third kappa shape index (κ3) is 2.94. The summed E-state index contributed by atoms with van der Waals surface area (Å²) in [6, 6.07) is 3.35. The van der Waals surface area contributed by atoms with Crippen LogP contribution in [0.15, 0.2) is 18.2 Å². The van der Waals surface area contributed by atoms with Gasteiger partial charge in [0.1, 0.15) is 0 Å². The van der Waals surface area contributed by atoms with Gasteiger partial charge in [-0.05, 0) is 18.2 Å². The Balaban J connectivity index is 0.00000169. The SMILES string of the molecule is Cl.NNc1ccc(Cl)c(C(F)(F)F)c1. The number of hydrogen-bond donors (Lipinski definition) is 2. The number of hydrazine groups is 1.